The molecule has 1 unspecified atom stereocenters. The molecule has 0 aliphatic rings. The van der Waals surface area contributed by atoms with Crippen LogP contribution in [-0.4, -0.2) is 23.2 Å². The lowest BCUT2D eigenvalue weighted by Crippen LogP contribution is -2.51. The Morgan fingerprint density at radius 1 is 1.41 bits per heavy atom. The van der Waals surface area contributed by atoms with Gasteiger partial charge in [0.2, 0.25) is 0 Å². The maximum atomic E-state index is 12.7. The smallest absolute Gasteiger partial charge is 0.323 e. The van der Waals surface area contributed by atoms with Gasteiger partial charge >= 0.3 is 5.97 Å². The number of benzene rings is 1. The van der Waals surface area contributed by atoms with Gasteiger partial charge in [-0.1, -0.05) is 19.1 Å². The fourth-order valence-electron chi connectivity index (χ4n) is 1.63. The van der Waals surface area contributed by atoms with Crippen LogP contribution < -0.4 is 5.32 Å². The minimum atomic E-state index is -1.01. The van der Waals surface area contributed by atoms with Crippen molar-refractivity contribution in [3.05, 3.63) is 35.6 Å². The largest absolute Gasteiger partial charge is 0.480 e. The van der Waals surface area contributed by atoms with Crippen LogP contribution in [0.5, 0.6) is 0 Å². The highest BCUT2D eigenvalue weighted by Gasteiger charge is 2.32. The van der Waals surface area contributed by atoms with E-state index >= 15 is 0 Å². The molecule has 1 aromatic rings. The van der Waals surface area contributed by atoms with Gasteiger partial charge in [0, 0.05) is 6.42 Å². The Kier molecular flexibility index (Phi) is 4.63. The molecule has 0 saturated carbocycles. The summed E-state index contributed by atoms with van der Waals surface area (Å²) >= 11 is 0. The molecule has 0 aromatic heterocycles. The van der Waals surface area contributed by atoms with Gasteiger partial charge in [-0.05, 0) is 37.6 Å². The van der Waals surface area contributed by atoms with Crippen molar-refractivity contribution in [3.8, 4) is 0 Å². The number of aliphatic carboxylic acids is 1. The first kappa shape index (κ1) is 13.6. The molecule has 0 aliphatic heterocycles. The Morgan fingerprint density at radius 3 is 2.47 bits per heavy atom. The quantitative estimate of drug-likeness (QED) is 0.800. The highest BCUT2D eigenvalue weighted by Crippen LogP contribution is 2.14. The second-order valence-electron chi connectivity index (χ2n) is 4.37. The second kappa shape index (κ2) is 5.77. The van der Waals surface area contributed by atoms with Crippen LogP contribution >= 0.6 is 0 Å². The number of carboxylic acids is 1. The van der Waals surface area contributed by atoms with Gasteiger partial charge in [-0.3, -0.25) is 4.79 Å². The van der Waals surface area contributed by atoms with E-state index in [1.165, 1.54) is 12.1 Å². The van der Waals surface area contributed by atoms with E-state index in [1.807, 2.05) is 6.92 Å². The van der Waals surface area contributed by atoms with Crippen LogP contribution in [0.3, 0.4) is 0 Å². The molecule has 3 nitrogen and oxygen atoms in total. The minimum absolute atomic E-state index is 0.313. The molecule has 0 fully saturated rings. The highest BCUT2D eigenvalue weighted by atomic mass is 19.1. The van der Waals surface area contributed by atoms with E-state index in [-0.39, 0.29) is 5.82 Å². The molecule has 0 aliphatic carbocycles. The van der Waals surface area contributed by atoms with Crippen molar-refractivity contribution in [2.75, 3.05) is 6.54 Å². The Hall–Kier alpha value is -1.42. The first-order chi connectivity index (χ1) is 7.98. The number of hydrogen-bond acceptors (Lipinski definition) is 2. The SMILES string of the molecule is CCCNC(C)(Cc1ccc(F)cc1)C(=O)O. The zero-order chi connectivity index (χ0) is 12.9. The number of halogens is 1. The molecule has 0 heterocycles. The van der Waals surface area contributed by atoms with Crippen LogP contribution in [-0.2, 0) is 11.2 Å². The predicted octanol–water partition coefficient (Wildman–Crippen LogP) is 2.21. The molecule has 17 heavy (non-hydrogen) atoms. The molecule has 1 aromatic carbocycles. The van der Waals surface area contributed by atoms with Gasteiger partial charge in [0.05, 0.1) is 0 Å². The van der Waals surface area contributed by atoms with Gasteiger partial charge in [0.25, 0.3) is 0 Å². The summed E-state index contributed by atoms with van der Waals surface area (Å²) in [5.41, 5.74) is -0.201. The summed E-state index contributed by atoms with van der Waals surface area (Å²) in [5, 5.41) is 12.3. The number of hydrogen-bond donors (Lipinski definition) is 2. The van der Waals surface area contributed by atoms with Crippen LogP contribution in [0.2, 0.25) is 0 Å². The average molecular weight is 239 g/mol. The lowest BCUT2D eigenvalue weighted by Gasteiger charge is -2.26. The molecule has 2 N–H and O–H groups in total. The number of carboxylic acid groups (broad SMARTS) is 1. The molecule has 4 heteroatoms. The van der Waals surface area contributed by atoms with Crippen molar-refractivity contribution < 1.29 is 14.3 Å². The van der Waals surface area contributed by atoms with E-state index in [2.05, 4.69) is 5.32 Å². The Bertz CT molecular complexity index is 378. The average Bonchev–Trinajstić information content (AvgIpc) is 2.29. The molecular formula is C13H18FNO2. The molecule has 0 saturated heterocycles. The zero-order valence-electron chi connectivity index (χ0n) is 10.2. The van der Waals surface area contributed by atoms with E-state index in [4.69, 9.17) is 0 Å². The van der Waals surface area contributed by atoms with Crippen molar-refractivity contribution in [3.63, 3.8) is 0 Å². The molecule has 1 atom stereocenters. The first-order valence-corrected chi connectivity index (χ1v) is 5.71. The molecule has 0 spiro atoms. The van der Waals surface area contributed by atoms with E-state index in [9.17, 15) is 14.3 Å². The topological polar surface area (TPSA) is 49.3 Å². The maximum absolute atomic E-state index is 12.7. The summed E-state index contributed by atoms with van der Waals surface area (Å²) in [5.74, 6) is -1.21. The fourth-order valence-corrected chi connectivity index (χ4v) is 1.63. The van der Waals surface area contributed by atoms with Gasteiger partial charge in [-0.2, -0.15) is 0 Å². The van der Waals surface area contributed by atoms with E-state index in [1.54, 1.807) is 19.1 Å². The Morgan fingerprint density at radius 2 is 2.00 bits per heavy atom. The molecule has 0 radical (unpaired) electrons. The van der Waals surface area contributed by atoms with Crippen LogP contribution in [0.25, 0.3) is 0 Å². The minimum Gasteiger partial charge on any atom is -0.480 e. The zero-order valence-corrected chi connectivity index (χ0v) is 10.2. The third-order valence-corrected chi connectivity index (χ3v) is 2.71. The lowest BCUT2D eigenvalue weighted by atomic mass is 9.92. The fraction of sp³-hybridized carbons (Fsp3) is 0.462. The van der Waals surface area contributed by atoms with Gasteiger partial charge in [0.15, 0.2) is 0 Å². The van der Waals surface area contributed by atoms with Gasteiger partial charge in [0.1, 0.15) is 11.4 Å². The summed E-state index contributed by atoms with van der Waals surface area (Å²) in [6, 6.07) is 5.92. The summed E-state index contributed by atoms with van der Waals surface area (Å²) in [6.07, 6.45) is 1.20. The first-order valence-electron chi connectivity index (χ1n) is 5.71. The van der Waals surface area contributed by atoms with Crippen LogP contribution in [0, 0.1) is 5.82 Å². The van der Waals surface area contributed by atoms with Crippen molar-refractivity contribution in [1.29, 1.82) is 0 Å². The molecule has 0 bridgehead atoms. The highest BCUT2D eigenvalue weighted by molar-refractivity contribution is 5.78. The van der Waals surface area contributed by atoms with Crippen LogP contribution in [0.1, 0.15) is 25.8 Å². The summed E-state index contributed by atoms with van der Waals surface area (Å²) in [4.78, 5) is 11.3. The molecule has 0 amide bonds. The third-order valence-electron chi connectivity index (χ3n) is 2.71. The van der Waals surface area contributed by atoms with Crippen LogP contribution in [0.15, 0.2) is 24.3 Å². The number of rotatable bonds is 6. The van der Waals surface area contributed by atoms with Crippen molar-refractivity contribution >= 4 is 5.97 Å². The lowest BCUT2D eigenvalue weighted by molar-refractivity contribution is -0.144. The normalized spacial score (nSPS) is 14.3. The van der Waals surface area contributed by atoms with E-state index in [0.717, 1.165) is 12.0 Å². The molecule has 1 rings (SSSR count). The van der Waals surface area contributed by atoms with Crippen molar-refractivity contribution in [1.82, 2.24) is 5.32 Å². The Balaban J connectivity index is 2.79. The number of nitrogens with one attached hydrogen (secondary N) is 1. The Labute approximate surface area is 101 Å². The summed E-state index contributed by atoms with van der Waals surface area (Å²) < 4.78 is 12.7. The second-order valence-corrected chi connectivity index (χ2v) is 4.37. The molecular weight excluding hydrogens is 221 g/mol. The number of carbonyl (C=O) groups is 1. The van der Waals surface area contributed by atoms with E-state index in [0.29, 0.717) is 13.0 Å². The van der Waals surface area contributed by atoms with E-state index < -0.39 is 11.5 Å². The standard InChI is InChI=1S/C13H18FNO2/c1-3-8-15-13(2,12(16)17)9-10-4-6-11(14)7-5-10/h4-7,15H,3,8-9H2,1-2H3,(H,16,17). The molecule has 94 valence electrons. The predicted molar refractivity (Wildman–Crippen MR) is 64.4 cm³/mol. The van der Waals surface area contributed by atoms with Crippen LogP contribution in [0.4, 0.5) is 4.39 Å². The van der Waals surface area contributed by atoms with Gasteiger partial charge in [-0.25, -0.2) is 4.39 Å². The van der Waals surface area contributed by atoms with Gasteiger partial charge < -0.3 is 10.4 Å². The monoisotopic (exact) mass is 239 g/mol. The third kappa shape index (κ3) is 3.82. The van der Waals surface area contributed by atoms with Crippen molar-refractivity contribution in [2.45, 2.75) is 32.2 Å². The summed E-state index contributed by atoms with van der Waals surface area (Å²) in [7, 11) is 0. The maximum Gasteiger partial charge on any atom is 0.323 e. The van der Waals surface area contributed by atoms with Crippen molar-refractivity contribution in [2.24, 2.45) is 0 Å². The summed E-state index contributed by atoms with van der Waals surface area (Å²) in [6.45, 7) is 4.27. The van der Waals surface area contributed by atoms with Gasteiger partial charge in [-0.15, -0.1) is 0 Å².